The number of rotatable bonds is 3. The number of pyridine rings is 2. The molecule has 0 amide bonds. The van der Waals surface area contributed by atoms with E-state index >= 15 is 4.39 Å². The Balaban J connectivity index is 1.58. The first-order valence-corrected chi connectivity index (χ1v) is 9.97. The van der Waals surface area contributed by atoms with Crippen molar-refractivity contribution >= 4 is 33.8 Å². The van der Waals surface area contributed by atoms with Crippen LogP contribution in [0.2, 0.25) is 0 Å². The van der Waals surface area contributed by atoms with Crippen LogP contribution in [0.3, 0.4) is 0 Å². The number of aromatic nitrogens is 2. The lowest BCUT2D eigenvalue weighted by Gasteiger charge is -2.34. The number of carboxylic acid groups (broad SMARTS) is 1. The Hall–Kier alpha value is -3.92. The highest BCUT2D eigenvalue weighted by atomic mass is 19.1. The van der Waals surface area contributed by atoms with Crippen LogP contribution in [0, 0.1) is 5.82 Å². The Bertz CT molecular complexity index is 1400. The minimum absolute atomic E-state index is 0.0631. The molecule has 1 atom stereocenters. The minimum atomic E-state index is -1.59. The van der Waals surface area contributed by atoms with E-state index in [4.69, 9.17) is 9.52 Å². The Labute approximate surface area is 180 Å². The van der Waals surface area contributed by atoms with Gasteiger partial charge >= 0.3 is 6.16 Å². The molecule has 3 aromatic heterocycles. The zero-order valence-corrected chi connectivity index (χ0v) is 17.0. The average Bonchev–Trinajstić information content (AvgIpc) is 3.31. The lowest BCUT2D eigenvalue weighted by Crippen LogP contribution is -2.46. The molecule has 1 aliphatic heterocycles. The van der Waals surface area contributed by atoms with Gasteiger partial charge in [-0.15, -0.1) is 0 Å². The Kier molecular flexibility index (Phi) is 4.78. The molecular weight excluding hydrogens is 419 g/mol. The van der Waals surface area contributed by atoms with E-state index in [1.165, 1.54) is 22.9 Å². The largest absolute Gasteiger partial charge is 0.511 e. The van der Waals surface area contributed by atoms with Gasteiger partial charge in [-0.05, 0) is 30.3 Å². The van der Waals surface area contributed by atoms with Crippen molar-refractivity contribution in [1.82, 2.24) is 14.9 Å². The maximum absolute atomic E-state index is 15.1. The molecule has 4 aromatic rings. The number of carbonyl (C=O) groups is 1. The molecule has 0 radical (unpaired) electrons. The normalized spacial score (nSPS) is 16.6. The van der Waals surface area contributed by atoms with Crippen LogP contribution in [0.15, 0.2) is 52.0 Å². The van der Waals surface area contributed by atoms with Gasteiger partial charge in [0, 0.05) is 32.1 Å². The summed E-state index contributed by atoms with van der Waals surface area (Å²) in [5.74, 6) is 0.0124. The van der Waals surface area contributed by atoms with Crippen LogP contribution >= 0.6 is 0 Å². The lowest BCUT2D eigenvalue weighted by molar-refractivity contribution is 0.144. The van der Waals surface area contributed by atoms with E-state index < -0.39 is 17.4 Å². The Morgan fingerprint density at radius 1 is 1.38 bits per heavy atom. The number of halogens is 1. The summed E-state index contributed by atoms with van der Waals surface area (Å²) >= 11 is 0. The molecule has 10 heteroatoms. The van der Waals surface area contributed by atoms with Crippen LogP contribution in [0.1, 0.15) is 11.8 Å². The molecule has 1 fully saturated rings. The molecule has 0 bridgehead atoms. The smallest absolute Gasteiger partial charge is 0.468 e. The fraction of sp³-hybridized carbons (Fsp3) is 0.227. The summed E-state index contributed by atoms with van der Waals surface area (Å²) < 4.78 is 26.7. The number of aryl methyl sites for hydroxylation is 1. The van der Waals surface area contributed by atoms with Gasteiger partial charge in [0.2, 0.25) is 5.43 Å². The second-order valence-electron chi connectivity index (χ2n) is 7.63. The fourth-order valence-electron chi connectivity index (χ4n) is 4.10. The number of piperazine rings is 1. The predicted octanol–water partition coefficient (Wildman–Crippen LogP) is 3.03. The second kappa shape index (κ2) is 7.65. The molecule has 1 aliphatic rings. The van der Waals surface area contributed by atoms with Gasteiger partial charge in [-0.2, -0.15) is 0 Å². The number of nitrogens with one attached hydrogen (secondary N) is 1. The summed E-state index contributed by atoms with van der Waals surface area (Å²) in [7, 11) is 1.63. The maximum atomic E-state index is 15.1. The van der Waals surface area contributed by atoms with Crippen LogP contribution < -0.4 is 20.4 Å². The Morgan fingerprint density at radius 3 is 2.97 bits per heavy atom. The van der Waals surface area contributed by atoms with Crippen molar-refractivity contribution in [1.29, 1.82) is 0 Å². The third kappa shape index (κ3) is 3.44. The van der Waals surface area contributed by atoms with E-state index in [1.807, 2.05) is 17.0 Å². The van der Waals surface area contributed by atoms with Gasteiger partial charge in [-0.25, -0.2) is 14.2 Å². The number of ether oxygens (including phenoxy) is 1. The van der Waals surface area contributed by atoms with Gasteiger partial charge in [0.25, 0.3) is 0 Å². The van der Waals surface area contributed by atoms with E-state index in [9.17, 15) is 9.59 Å². The summed E-state index contributed by atoms with van der Waals surface area (Å²) in [6.07, 6.45) is 1.29. The van der Waals surface area contributed by atoms with Crippen molar-refractivity contribution in [3.63, 3.8) is 0 Å². The maximum Gasteiger partial charge on any atom is 0.511 e. The number of nitrogens with zero attached hydrogens (tertiary/aromatic N) is 3. The van der Waals surface area contributed by atoms with Crippen molar-refractivity contribution < 1.29 is 23.4 Å². The van der Waals surface area contributed by atoms with Gasteiger partial charge in [-0.3, -0.25) is 4.79 Å². The summed E-state index contributed by atoms with van der Waals surface area (Å²) in [5.41, 5.74) is 0.650. The molecule has 1 saturated heterocycles. The van der Waals surface area contributed by atoms with Crippen LogP contribution in [-0.2, 0) is 7.05 Å². The summed E-state index contributed by atoms with van der Waals surface area (Å²) in [5, 5.41) is 12.8. The molecule has 1 aromatic carbocycles. The first kappa shape index (κ1) is 20.0. The van der Waals surface area contributed by atoms with Crippen molar-refractivity contribution in [2.45, 2.75) is 6.04 Å². The molecule has 0 aliphatic carbocycles. The first-order chi connectivity index (χ1) is 15.4. The molecule has 9 nitrogen and oxygen atoms in total. The number of hydrogen-bond acceptors (Lipinski definition) is 7. The highest BCUT2D eigenvalue weighted by Gasteiger charge is 2.25. The molecule has 5 rings (SSSR count). The molecule has 1 unspecified atom stereocenters. The number of hydrogen-bond donors (Lipinski definition) is 2. The molecule has 4 heterocycles. The van der Waals surface area contributed by atoms with Gasteiger partial charge < -0.3 is 29.0 Å². The van der Waals surface area contributed by atoms with E-state index in [0.717, 1.165) is 5.76 Å². The average molecular weight is 438 g/mol. The molecule has 164 valence electrons. The highest BCUT2D eigenvalue weighted by Crippen LogP contribution is 2.30. The molecule has 0 spiro atoms. The molecule has 32 heavy (non-hydrogen) atoms. The van der Waals surface area contributed by atoms with E-state index in [0.29, 0.717) is 41.9 Å². The summed E-state index contributed by atoms with van der Waals surface area (Å²) in [6.45, 7) is 1.80. The SMILES string of the molecule is Cn1cc(OC(=O)O)c(=O)c2cc3cc(F)c(N4CCNC(c5ccco5)C4)cc3nc21. The van der Waals surface area contributed by atoms with Crippen LogP contribution in [0.4, 0.5) is 14.9 Å². The topological polar surface area (TPSA) is 110 Å². The Morgan fingerprint density at radius 2 is 2.22 bits per heavy atom. The number of fused-ring (bicyclic) bond motifs is 2. The monoisotopic (exact) mass is 438 g/mol. The van der Waals surface area contributed by atoms with Gasteiger partial charge in [0.1, 0.15) is 17.2 Å². The quantitative estimate of drug-likeness (QED) is 0.371. The molecule has 2 N–H and O–H groups in total. The first-order valence-electron chi connectivity index (χ1n) is 9.97. The molecule has 0 saturated carbocycles. The van der Waals surface area contributed by atoms with Crippen molar-refractivity contribution in [2.24, 2.45) is 7.05 Å². The predicted molar refractivity (Wildman–Crippen MR) is 115 cm³/mol. The standard InChI is InChI=1S/C22H19FN4O5/c1-26-11-19(32-22(29)30)20(28)13-7-12-8-14(23)17(9-15(12)25-21(13)26)27-5-4-24-16(10-27)18-3-2-6-31-18/h2-3,6-9,11,16,24H,4-5,10H2,1H3,(H,29,30). The number of benzene rings is 1. The van der Waals surface area contributed by atoms with E-state index in [-0.39, 0.29) is 17.2 Å². The summed E-state index contributed by atoms with van der Waals surface area (Å²) in [4.78, 5) is 30.0. The van der Waals surface area contributed by atoms with E-state index in [2.05, 4.69) is 15.0 Å². The fourth-order valence-corrected chi connectivity index (χ4v) is 4.10. The lowest BCUT2D eigenvalue weighted by atomic mass is 10.1. The van der Waals surface area contributed by atoms with Crippen molar-refractivity contribution in [3.05, 3.63) is 64.6 Å². The van der Waals surface area contributed by atoms with Gasteiger partial charge in [-0.1, -0.05) is 0 Å². The number of furan rings is 1. The van der Waals surface area contributed by atoms with Crippen molar-refractivity contribution in [2.75, 3.05) is 24.5 Å². The third-order valence-corrected chi connectivity index (χ3v) is 5.58. The van der Waals surface area contributed by atoms with Gasteiger partial charge in [0.05, 0.1) is 35.1 Å². The second-order valence-corrected chi connectivity index (χ2v) is 7.63. The highest BCUT2D eigenvalue weighted by molar-refractivity contribution is 5.93. The van der Waals surface area contributed by atoms with Gasteiger partial charge in [0.15, 0.2) is 5.75 Å². The van der Waals surface area contributed by atoms with Crippen LogP contribution in [0.5, 0.6) is 5.75 Å². The third-order valence-electron chi connectivity index (χ3n) is 5.58. The van der Waals surface area contributed by atoms with Crippen LogP contribution in [-0.4, -0.2) is 40.4 Å². The minimum Gasteiger partial charge on any atom is -0.468 e. The zero-order valence-electron chi connectivity index (χ0n) is 17.0. The van der Waals surface area contributed by atoms with E-state index in [1.54, 1.807) is 19.4 Å². The van der Waals surface area contributed by atoms with Crippen molar-refractivity contribution in [3.8, 4) is 5.75 Å². The van der Waals surface area contributed by atoms with Crippen LogP contribution in [0.25, 0.3) is 21.9 Å². The zero-order chi connectivity index (χ0) is 22.4. The number of anilines is 1. The summed E-state index contributed by atoms with van der Waals surface area (Å²) in [6, 6.07) is 8.15. The molecular formula is C22H19FN4O5.